The Morgan fingerprint density at radius 3 is 2.69 bits per heavy atom. The maximum atomic E-state index is 11.3. The molecule has 2 aliphatic rings. The highest BCUT2D eigenvalue weighted by Gasteiger charge is 2.35. The van der Waals surface area contributed by atoms with Gasteiger partial charge in [-0.05, 0) is 18.4 Å². The summed E-state index contributed by atoms with van der Waals surface area (Å²) in [5, 5.41) is 19.8. The molecule has 26 heavy (non-hydrogen) atoms. The van der Waals surface area contributed by atoms with Gasteiger partial charge in [-0.15, -0.1) is 0 Å². The number of hydroxylamine groups is 2. The number of nitrogens with zero attached hydrogens (tertiary/aromatic N) is 4. The smallest absolute Gasteiger partial charge is 0.304 e. The van der Waals surface area contributed by atoms with Gasteiger partial charge in [0.1, 0.15) is 0 Å². The molecule has 1 aromatic rings. The van der Waals surface area contributed by atoms with Crippen LogP contribution >= 0.6 is 0 Å². The van der Waals surface area contributed by atoms with E-state index in [1.807, 2.05) is 0 Å². The maximum absolute atomic E-state index is 11.3. The highest BCUT2D eigenvalue weighted by Crippen LogP contribution is 2.31. The second-order valence-corrected chi connectivity index (χ2v) is 7.07. The van der Waals surface area contributed by atoms with Crippen LogP contribution < -0.4 is 0 Å². The summed E-state index contributed by atoms with van der Waals surface area (Å²) in [7, 11) is 0. The van der Waals surface area contributed by atoms with Crippen LogP contribution in [0.25, 0.3) is 0 Å². The van der Waals surface area contributed by atoms with Gasteiger partial charge < -0.3 is 9.94 Å². The third-order valence-electron chi connectivity index (χ3n) is 5.12. The predicted molar refractivity (Wildman–Crippen MR) is 93.1 cm³/mol. The topological polar surface area (TPSA) is 108 Å². The molecule has 0 amide bonds. The Morgan fingerprint density at radius 1 is 1.27 bits per heavy atom. The summed E-state index contributed by atoms with van der Waals surface area (Å²) in [5.74, 6) is 0.0417. The number of carboxylic acid groups (broad SMARTS) is 1. The molecule has 1 aromatic heterocycles. The number of carbonyl (C=O) groups is 1. The molecule has 1 aliphatic carbocycles. The Bertz CT molecular complexity index is 619. The molecular weight excluding hydrogens is 336 g/mol. The molecule has 8 heteroatoms. The van der Waals surface area contributed by atoms with Crippen molar-refractivity contribution in [3.63, 3.8) is 0 Å². The average molecular weight is 362 g/mol. The van der Waals surface area contributed by atoms with Crippen LogP contribution in [0.5, 0.6) is 0 Å². The quantitative estimate of drug-likeness (QED) is 0.730. The second kappa shape index (κ2) is 9.05. The van der Waals surface area contributed by atoms with E-state index in [2.05, 4.69) is 15.0 Å². The Hall–Kier alpha value is -2.06. The van der Waals surface area contributed by atoms with Gasteiger partial charge in [-0.3, -0.25) is 10.0 Å². The molecule has 1 aliphatic heterocycles. The average Bonchev–Trinajstić information content (AvgIpc) is 3.04. The zero-order valence-corrected chi connectivity index (χ0v) is 14.8. The molecule has 0 spiro atoms. The van der Waals surface area contributed by atoms with Crippen molar-refractivity contribution >= 4 is 11.9 Å². The van der Waals surface area contributed by atoms with E-state index in [0.29, 0.717) is 17.5 Å². The van der Waals surface area contributed by atoms with Crippen LogP contribution in [0.1, 0.15) is 69.8 Å². The number of carboxylic acids is 1. The fourth-order valence-corrected chi connectivity index (χ4v) is 3.77. The summed E-state index contributed by atoms with van der Waals surface area (Å²) in [4.78, 5) is 29.1. The summed E-state index contributed by atoms with van der Waals surface area (Å²) in [6.07, 6.45) is 11.4. The van der Waals surface area contributed by atoms with Crippen molar-refractivity contribution in [2.75, 3.05) is 0 Å². The van der Waals surface area contributed by atoms with Gasteiger partial charge in [0.2, 0.25) is 12.1 Å². The number of hydrogen-bond acceptors (Lipinski definition) is 7. The van der Waals surface area contributed by atoms with E-state index >= 15 is 0 Å². The highest BCUT2D eigenvalue weighted by atomic mass is 16.9. The van der Waals surface area contributed by atoms with E-state index in [9.17, 15) is 15.1 Å². The van der Waals surface area contributed by atoms with E-state index in [0.717, 1.165) is 18.8 Å². The molecule has 0 radical (unpaired) electrons. The van der Waals surface area contributed by atoms with Gasteiger partial charge in [0, 0.05) is 23.5 Å². The molecule has 2 N–H and O–H groups in total. The van der Waals surface area contributed by atoms with Crippen molar-refractivity contribution in [2.45, 2.75) is 64.0 Å². The molecule has 142 valence electrons. The fraction of sp³-hybridized carbons (Fsp3) is 0.667. The van der Waals surface area contributed by atoms with Gasteiger partial charge in [-0.25, -0.2) is 15.0 Å². The van der Waals surface area contributed by atoms with Gasteiger partial charge in [-0.1, -0.05) is 44.9 Å². The van der Waals surface area contributed by atoms with Crippen molar-refractivity contribution in [3.8, 4) is 0 Å². The molecule has 2 atom stereocenters. The van der Waals surface area contributed by atoms with Crippen LogP contribution in [-0.4, -0.2) is 37.4 Å². The molecule has 1 unspecified atom stereocenters. The number of aliphatic imine (C=N–C) groups is 1. The number of hydrogen-bond donors (Lipinski definition) is 2. The van der Waals surface area contributed by atoms with Gasteiger partial charge in [0.15, 0.2) is 5.82 Å². The van der Waals surface area contributed by atoms with Gasteiger partial charge in [-0.2, -0.15) is 0 Å². The highest BCUT2D eigenvalue weighted by molar-refractivity contribution is 5.83. The van der Waals surface area contributed by atoms with Crippen molar-refractivity contribution < 1.29 is 19.9 Å². The summed E-state index contributed by atoms with van der Waals surface area (Å²) in [6.45, 7) is 0. The third kappa shape index (κ3) is 4.98. The molecule has 0 saturated heterocycles. The molecular formula is C18H26N4O4. The summed E-state index contributed by atoms with van der Waals surface area (Å²) in [5.41, 5.74) is 0. The van der Waals surface area contributed by atoms with Crippen LogP contribution in [0, 0.1) is 11.8 Å². The van der Waals surface area contributed by atoms with E-state index in [4.69, 9.17) is 4.84 Å². The largest absolute Gasteiger partial charge is 0.481 e. The predicted octanol–water partition coefficient (Wildman–Crippen LogP) is 3.35. The summed E-state index contributed by atoms with van der Waals surface area (Å²) >= 11 is 0. The Labute approximate surface area is 152 Å². The van der Waals surface area contributed by atoms with E-state index in [1.54, 1.807) is 18.5 Å². The fourth-order valence-electron chi connectivity index (χ4n) is 3.77. The molecule has 0 bridgehead atoms. The number of aromatic nitrogens is 2. The first-order chi connectivity index (χ1) is 12.6. The third-order valence-corrected chi connectivity index (χ3v) is 5.12. The molecule has 2 heterocycles. The Morgan fingerprint density at radius 2 is 2.00 bits per heavy atom. The van der Waals surface area contributed by atoms with Gasteiger partial charge in [0.25, 0.3) is 0 Å². The monoisotopic (exact) mass is 362 g/mol. The van der Waals surface area contributed by atoms with Crippen molar-refractivity contribution in [3.05, 3.63) is 24.3 Å². The van der Waals surface area contributed by atoms with Crippen LogP contribution in [-0.2, 0) is 9.63 Å². The molecule has 1 saturated carbocycles. The molecule has 3 rings (SSSR count). The summed E-state index contributed by atoms with van der Waals surface area (Å²) in [6, 6.07) is 1.67. The molecule has 0 aromatic carbocycles. The minimum absolute atomic E-state index is 0.0697. The van der Waals surface area contributed by atoms with Crippen LogP contribution in [0.15, 0.2) is 23.5 Å². The first-order valence-electron chi connectivity index (χ1n) is 9.36. The Kier molecular flexibility index (Phi) is 6.51. The lowest BCUT2D eigenvalue weighted by atomic mass is 9.84. The maximum Gasteiger partial charge on any atom is 0.304 e. The molecule has 1 fully saturated rings. The zero-order valence-electron chi connectivity index (χ0n) is 14.8. The minimum Gasteiger partial charge on any atom is -0.481 e. The van der Waals surface area contributed by atoms with Gasteiger partial charge in [0.05, 0.1) is 6.42 Å². The summed E-state index contributed by atoms with van der Waals surface area (Å²) < 4.78 is 0. The zero-order chi connectivity index (χ0) is 18.4. The lowest BCUT2D eigenvalue weighted by Gasteiger charge is -2.22. The van der Waals surface area contributed by atoms with Crippen LogP contribution in [0.3, 0.4) is 0 Å². The van der Waals surface area contributed by atoms with Crippen molar-refractivity contribution in [1.82, 2.24) is 15.2 Å². The lowest BCUT2D eigenvalue weighted by molar-refractivity contribution is -0.307. The normalized spacial score (nSPS) is 22.7. The Balaban J connectivity index is 1.62. The van der Waals surface area contributed by atoms with Crippen LogP contribution in [0.2, 0.25) is 0 Å². The van der Waals surface area contributed by atoms with E-state index in [1.165, 1.54) is 32.1 Å². The number of rotatable bonds is 8. The lowest BCUT2D eigenvalue weighted by Crippen LogP contribution is -2.25. The minimum atomic E-state index is -0.900. The first kappa shape index (κ1) is 18.7. The SMILES string of the molecule is O=C(O)C[C@@H](CCCC1CCCCC1)C1=NC(c2ncccn2)N(O)O1. The first-order valence-corrected chi connectivity index (χ1v) is 9.36. The van der Waals surface area contributed by atoms with Crippen molar-refractivity contribution in [1.29, 1.82) is 0 Å². The number of aliphatic carboxylic acids is 1. The van der Waals surface area contributed by atoms with E-state index in [-0.39, 0.29) is 18.2 Å². The van der Waals surface area contributed by atoms with Crippen LogP contribution in [0.4, 0.5) is 0 Å². The van der Waals surface area contributed by atoms with Gasteiger partial charge >= 0.3 is 5.97 Å². The van der Waals surface area contributed by atoms with E-state index < -0.39 is 12.1 Å². The van der Waals surface area contributed by atoms with Crippen molar-refractivity contribution in [2.24, 2.45) is 16.8 Å². The standard InChI is InChI=1S/C18H26N4O4/c23-15(24)12-14(9-4-8-13-6-2-1-3-7-13)18-21-17(22(25)26-18)16-19-10-5-11-20-16/h5,10-11,13-14,17,25H,1-4,6-9,12H2,(H,23,24)/t14-,17?/m1/s1. The second-order valence-electron chi connectivity index (χ2n) is 7.07. The molecule has 8 nitrogen and oxygen atoms in total.